The molecule has 3 aromatic rings. The summed E-state index contributed by atoms with van der Waals surface area (Å²) in [6.45, 7) is 1.97. The first-order valence-electron chi connectivity index (χ1n) is 9.75. The molecule has 10 nitrogen and oxygen atoms in total. The van der Waals surface area contributed by atoms with E-state index in [-0.39, 0.29) is 23.9 Å². The lowest BCUT2D eigenvalue weighted by atomic mass is 10.1. The highest BCUT2D eigenvalue weighted by molar-refractivity contribution is 5.82. The zero-order valence-electron chi connectivity index (χ0n) is 16.7. The molecular weight excluding hydrogens is 431 g/mol. The van der Waals surface area contributed by atoms with Gasteiger partial charge in [0.25, 0.3) is 0 Å². The molecule has 0 aromatic carbocycles. The van der Waals surface area contributed by atoms with Gasteiger partial charge in [0, 0.05) is 37.2 Å². The number of anilines is 2. The molecular formula is C19H18F3N7O3. The van der Waals surface area contributed by atoms with E-state index in [1.165, 1.54) is 6.42 Å². The van der Waals surface area contributed by atoms with Crippen LogP contribution in [-0.4, -0.2) is 44.3 Å². The van der Waals surface area contributed by atoms with Crippen LogP contribution in [0, 0.1) is 0 Å². The van der Waals surface area contributed by atoms with E-state index in [0.717, 1.165) is 49.7 Å². The van der Waals surface area contributed by atoms with E-state index in [1.54, 1.807) is 6.20 Å². The number of hydrogen-bond acceptors (Lipinski definition) is 9. The lowest BCUT2D eigenvalue weighted by molar-refractivity contribution is -0.159. The van der Waals surface area contributed by atoms with E-state index in [0.29, 0.717) is 0 Å². The van der Waals surface area contributed by atoms with Crippen LogP contribution in [0.3, 0.4) is 0 Å². The summed E-state index contributed by atoms with van der Waals surface area (Å²) in [5.41, 5.74) is 0.804. The van der Waals surface area contributed by atoms with Crippen LogP contribution in [0.1, 0.15) is 30.7 Å². The molecule has 1 aliphatic heterocycles. The number of pyridine rings is 1. The second-order valence-corrected chi connectivity index (χ2v) is 6.99. The van der Waals surface area contributed by atoms with Crippen molar-refractivity contribution < 1.29 is 27.2 Å². The van der Waals surface area contributed by atoms with E-state index in [2.05, 4.69) is 39.8 Å². The summed E-state index contributed by atoms with van der Waals surface area (Å²) in [6, 6.07) is 3.74. The quantitative estimate of drug-likeness (QED) is 0.622. The van der Waals surface area contributed by atoms with Crippen molar-refractivity contribution in [3.8, 4) is 11.4 Å². The van der Waals surface area contributed by atoms with Gasteiger partial charge in [0.2, 0.25) is 11.8 Å². The number of carbonyl (C=O) groups is 1. The summed E-state index contributed by atoms with van der Waals surface area (Å²) in [6.07, 6.45) is 1.95. The first-order valence-corrected chi connectivity index (χ1v) is 9.75. The number of amides is 1. The summed E-state index contributed by atoms with van der Waals surface area (Å²) in [7, 11) is 0. The fourth-order valence-corrected chi connectivity index (χ4v) is 3.05. The summed E-state index contributed by atoms with van der Waals surface area (Å²) in [4.78, 5) is 29.5. The van der Waals surface area contributed by atoms with Crippen LogP contribution in [0.15, 0.2) is 35.2 Å². The monoisotopic (exact) mass is 449 g/mol. The van der Waals surface area contributed by atoms with Crippen molar-refractivity contribution in [3.63, 3.8) is 0 Å². The van der Waals surface area contributed by atoms with Crippen LogP contribution in [0.2, 0.25) is 0 Å². The summed E-state index contributed by atoms with van der Waals surface area (Å²) in [5.74, 6) is -1.00. The van der Waals surface area contributed by atoms with Crippen molar-refractivity contribution in [2.75, 3.05) is 23.3 Å². The summed E-state index contributed by atoms with van der Waals surface area (Å²) >= 11 is 0. The van der Waals surface area contributed by atoms with Gasteiger partial charge in [0.05, 0.1) is 5.56 Å². The predicted octanol–water partition coefficient (Wildman–Crippen LogP) is 3.68. The van der Waals surface area contributed by atoms with Crippen molar-refractivity contribution in [1.29, 1.82) is 0 Å². The molecule has 0 aliphatic carbocycles. The van der Waals surface area contributed by atoms with Crippen molar-refractivity contribution >= 4 is 17.9 Å². The first-order chi connectivity index (χ1) is 15.4. The Hall–Kier alpha value is -3.77. The number of nitrogens with one attached hydrogen (secondary N) is 1. The molecule has 32 heavy (non-hydrogen) atoms. The lowest BCUT2D eigenvalue weighted by Gasteiger charge is -2.27. The zero-order valence-corrected chi connectivity index (χ0v) is 16.7. The Morgan fingerprint density at radius 2 is 1.84 bits per heavy atom. The predicted molar refractivity (Wildman–Crippen MR) is 104 cm³/mol. The minimum absolute atomic E-state index is 0.000273. The van der Waals surface area contributed by atoms with Gasteiger partial charge in [-0.1, -0.05) is 11.2 Å². The van der Waals surface area contributed by atoms with Crippen LogP contribution in [-0.2, 0) is 17.5 Å². The standard InChI is InChI=1S/C19H18F3N7O3/c20-19(21,22)16-26-15(28-32-16)13-9-24-17(25-10-13)27-18(30)31-11-12-4-5-14(23-8-12)29-6-2-1-3-7-29/h4-5,8-10H,1-3,6-7,11H2,(H,24,25,27,30). The van der Waals surface area contributed by atoms with Gasteiger partial charge in [-0.05, 0) is 25.3 Å². The number of hydrogen-bond donors (Lipinski definition) is 1. The number of ether oxygens (including phenoxy) is 1. The van der Waals surface area contributed by atoms with E-state index < -0.39 is 18.2 Å². The van der Waals surface area contributed by atoms with Gasteiger partial charge in [0.15, 0.2) is 0 Å². The van der Waals surface area contributed by atoms with Crippen LogP contribution in [0.4, 0.5) is 29.7 Å². The number of alkyl halides is 3. The van der Waals surface area contributed by atoms with Gasteiger partial charge < -0.3 is 14.2 Å². The number of carbonyl (C=O) groups excluding carboxylic acids is 1. The average Bonchev–Trinajstić information content (AvgIpc) is 3.30. The van der Waals surface area contributed by atoms with Crippen LogP contribution < -0.4 is 10.2 Å². The van der Waals surface area contributed by atoms with Gasteiger partial charge in [-0.3, -0.25) is 5.32 Å². The van der Waals surface area contributed by atoms with E-state index in [1.807, 2.05) is 12.1 Å². The van der Waals surface area contributed by atoms with Crippen LogP contribution in [0.5, 0.6) is 0 Å². The molecule has 4 rings (SSSR count). The number of piperidine rings is 1. The second kappa shape index (κ2) is 9.16. The Labute approximate surface area is 179 Å². The maximum Gasteiger partial charge on any atom is 0.471 e. The largest absolute Gasteiger partial charge is 0.471 e. The van der Waals surface area contributed by atoms with Crippen molar-refractivity contribution in [2.24, 2.45) is 0 Å². The Kier molecular flexibility index (Phi) is 6.14. The van der Waals surface area contributed by atoms with Crippen molar-refractivity contribution in [1.82, 2.24) is 25.1 Å². The zero-order chi connectivity index (χ0) is 22.6. The molecule has 0 saturated carbocycles. The van der Waals surface area contributed by atoms with Gasteiger partial charge >= 0.3 is 18.2 Å². The maximum absolute atomic E-state index is 12.5. The molecule has 3 aromatic heterocycles. The Morgan fingerprint density at radius 1 is 1.09 bits per heavy atom. The average molecular weight is 449 g/mol. The first kappa shape index (κ1) is 21.5. The van der Waals surface area contributed by atoms with Crippen molar-refractivity contribution in [2.45, 2.75) is 32.0 Å². The molecule has 1 fully saturated rings. The van der Waals surface area contributed by atoms with Gasteiger partial charge in [-0.25, -0.2) is 19.7 Å². The minimum Gasteiger partial charge on any atom is -0.444 e. The molecule has 1 aliphatic rings. The normalized spacial score (nSPS) is 14.3. The molecule has 0 atom stereocenters. The van der Waals surface area contributed by atoms with Gasteiger partial charge in [-0.2, -0.15) is 18.2 Å². The van der Waals surface area contributed by atoms with Gasteiger partial charge in [0.1, 0.15) is 12.4 Å². The fraction of sp³-hybridized carbons (Fsp3) is 0.368. The third-order valence-corrected chi connectivity index (χ3v) is 4.65. The molecule has 0 spiro atoms. The molecule has 1 amide bonds. The number of halogens is 3. The summed E-state index contributed by atoms with van der Waals surface area (Å²) < 4.78 is 46.9. The van der Waals surface area contributed by atoms with Crippen LogP contribution in [0.25, 0.3) is 11.4 Å². The third kappa shape index (κ3) is 5.28. The van der Waals surface area contributed by atoms with Crippen molar-refractivity contribution in [3.05, 3.63) is 42.2 Å². The lowest BCUT2D eigenvalue weighted by Crippen LogP contribution is -2.30. The number of rotatable bonds is 5. The second-order valence-electron chi connectivity index (χ2n) is 6.99. The maximum atomic E-state index is 12.5. The smallest absolute Gasteiger partial charge is 0.444 e. The Morgan fingerprint density at radius 3 is 2.47 bits per heavy atom. The van der Waals surface area contributed by atoms with Crippen LogP contribution >= 0.6 is 0 Å². The van der Waals surface area contributed by atoms with Gasteiger partial charge in [-0.15, -0.1) is 0 Å². The molecule has 0 unspecified atom stereocenters. The molecule has 0 radical (unpaired) electrons. The third-order valence-electron chi connectivity index (χ3n) is 4.65. The molecule has 1 N–H and O–H groups in total. The highest BCUT2D eigenvalue weighted by Gasteiger charge is 2.38. The molecule has 13 heteroatoms. The Balaban J connectivity index is 1.28. The fourth-order valence-electron chi connectivity index (χ4n) is 3.05. The SMILES string of the molecule is O=C(Nc1ncc(-c2noc(C(F)(F)F)n2)cn1)OCc1ccc(N2CCCCC2)nc1. The molecule has 168 valence electrons. The summed E-state index contributed by atoms with van der Waals surface area (Å²) in [5, 5.41) is 5.56. The topological polar surface area (TPSA) is 119 Å². The number of nitrogens with zero attached hydrogens (tertiary/aromatic N) is 6. The van der Waals surface area contributed by atoms with E-state index in [4.69, 9.17) is 4.74 Å². The van der Waals surface area contributed by atoms with E-state index in [9.17, 15) is 18.0 Å². The van der Waals surface area contributed by atoms with E-state index >= 15 is 0 Å². The number of aromatic nitrogens is 5. The highest BCUT2D eigenvalue weighted by atomic mass is 19.4. The highest BCUT2D eigenvalue weighted by Crippen LogP contribution is 2.29. The Bertz CT molecular complexity index is 1050. The molecule has 4 heterocycles. The molecule has 1 saturated heterocycles. The minimum atomic E-state index is -4.75. The molecule has 0 bridgehead atoms.